The molecule has 3 rings (SSSR count). The molecule has 1 saturated carbocycles. The van der Waals surface area contributed by atoms with Crippen molar-refractivity contribution in [2.75, 3.05) is 19.6 Å². The van der Waals surface area contributed by atoms with Crippen LogP contribution in [0.15, 0.2) is 30.3 Å². The maximum Gasteiger partial charge on any atom is 0.0346 e. The first-order valence-electron chi connectivity index (χ1n) is 7.77. The molecule has 2 nitrogen and oxygen atoms in total. The van der Waals surface area contributed by atoms with E-state index in [0.29, 0.717) is 11.6 Å². The smallest absolute Gasteiger partial charge is 0.0346 e. The summed E-state index contributed by atoms with van der Waals surface area (Å²) in [4.78, 5) is 2.70. The van der Waals surface area contributed by atoms with Crippen molar-refractivity contribution in [3.05, 3.63) is 35.9 Å². The quantitative estimate of drug-likeness (QED) is 0.892. The van der Waals surface area contributed by atoms with E-state index in [2.05, 4.69) is 54.4 Å². The van der Waals surface area contributed by atoms with Crippen molar-refractivity contribution in [2.24, 2.45) is 5.92 Å². The standard InChI is InChI=1S/C17H26N2/c1-3-16(14-7-5-4-6-8-14)19-12-11-18-17(2,13-19)15-9-10-15/h4-8,15-16,18H,3,9-13H2,1-2H3. The van der Waals surface area contributed by atoms with E-state index in [1.165, 1.54) is 37.9 Å². The van der Waals surface area contributed by atoms with Gasteiger partial charge in [0, 0.05) is 31.2 Å². The largest absolute Gasteiger partial charge is 0.309 e. The molecule has 1 aliphatic carbocycles. The van der Waals surface area contributed by atoms with Gasteiger partial charge in [-0.15, -0.1) is 0 Å². The van der Waals surface area contributed by atoms with Crippen molar-refractivity contribution < 1.29 is 0 Å². The number of piperazine rings is 1. The highest BCUT2D eigenvalue weighted by atomic mass is 15.2. The molecule has 2 aliphatic rings. The van der Waals surface area contributed by atoms with Crippen molar-refractivity contribution in [2.45, 2.75) is 44.7 Å². The molecule has 0 spiro atoms. The summed E-state index contributed by atoms with van der Waals surface area (Å²) in [6.45, 7) is 8.25. The van der Waals surface area contributed by atoms with Gasteiger partial charge in [-0.25, -0.2) is 0 Å². The number of hydrogen-bond acceptors (Lipinski definition) is 2. The molecular weight excluding hydrogens is 232 g/mol. The second-order valence-corrected chi connectivity index (χ2v) is 6.42. The minimum Gasteiger partial charge on any atom is -0.309 e. The molecule has 2 heteroatoms. The Balaban J connectivity index is 1.76. The number of hydrogen-bond donors (Lipinski definition) is 1. The van der Waals surface area contributed by atoms with Crippen molar-refractivity contribution in [1.29, 1.82) is 0 Å². The SMILES string of the molecule is CCC(c1ccccc1)N1CCNC(C)(C2CC2)C1. The zero-order valence-corrected chi connectivity index (χ0v) is 12.2. The highest BCUT2D eigenvalue weighted by Crippen LogP contribution is 2.42. The first-order chi connectivity index (χ1) is 9.23. The third-order valence-corrected chi connectivity index (χ3v) is 4.95. The van der Waals surface area contributed by atoms with E-state index in [1.54, 1.807) is 0 Å². The Morgan fingerprint density at radius 1 is 1.32 bits per heavy atom. The third kappa shape index (κ3) is 2.70. The molecule has 0 radical (unpaired) electrons. The Morgan fingerprint density at radius 2 is 2.05 bits per heavy atom. The van der Waals surface area contributed by atoms with Crippen LogP contribution in [-0.2, 0) is 0 Å². The van der Waals surface area contributed by atoms with Crippen molar-refractivity contribution in [3.8, 4) is 0 Å². The van der Waals surface area contributed by atoms with Crippen molar-refractivity contribution in [3.63, 3.8) is 0 Å². The summed E-state index contributed by atoms with van der Waals surface area (Å²) in [5.74, 6) is 0.906. The van der Waals surface area contributed by atoms with Crippen LogP contribution in [0.25, 0.3) is 0 Å². The lowest BCUT2D eigenvalue weighted by atomic mass is 9.90. The molecule has 1 heterocycles. The molecule has 104 valence electrons. The summed E-state index contributed by atoms with van der Waals surface area (Å²) in [7, 11) is 0. The molecule has 0 aromatic heterocycles. The van der Waals surface area contributed by atoms with Crippen LogP contribution in [0.3, 0.4) is 0 Å². The second-order valence-electron chi connectivity index (χ2n) is 6.42. The fourth-order valence-electron chi connectivity index (χ4n) is 3.68. The van der Waals surface area contributed by atoms with Gasteiger partial charge in [-0.2, -0.15) is 0 Å². The van der Waals surface area contributed by atoms with Crippen LogP contribution in [0.1, 0.15) is 44.7 Å². The highest BCUT2D eigenvalue weighted by molar-refractivity contribution is 5.19. The molecule has 2 atom stereocenters. The summed E-state index contributed by atoms with van der Waals surface area (Å²) >= 11 is 0. The number of rotatable bonds is 4. The number of benzene rings is 1. The first-order valence-corrected chi connectivity index (χ1v) is 7.77. The first kappa shape index (κ1) is 13.1. The van der Waals surface area contributed by atoms with Gasteiger partial charge in [0.1, 0.15) is 0 Å². The van der Waals surface area contributed by atoms with E-state index in [9.17, 15) is 0 Å². The zero-order chi connectivity index (χ0) is 13.3. The lowest BCUT2D eigenvalue weighted by Crippen LogP contribution is -2.60. The molecule has 2 unspecified atom stereocenters. The number of nitrogens with zero attached hydrogens (tertiary/aromatic N) is 1. The van der Waals surface area contributed by atoms with Crippen LogP contribution in [0.4, 0.5) is 0 Å². The highest BCUT2D eigenvalue weighted by Gasteiger charge is 2.44. The molecule has 19 heavy (non-hydrogen) atoms. The Morgan fingerprint density at radius 3 is 2.68 bits per heavy atom. The van der Waals surface area contributed by atoms with Gasteiger partial charge in [-0.1, -0.05) is 37.3 Å². The Hall–Kier alpha value is -0.860. The minimum atomic E-state index is 0.348. The molecule has 1 saturated heterocycles. The summed E-state index contributed by atoms with van der Waals surface area (Å²) in [5, 5.41) is 3.78. The predicted octanol–water partition coefficient (Wildman–Crippen LogP) is 3.21. The van der Waals surface area contributed by atoms with Gasteiger partial charge < -0.3 is 5.32 Å². The molecule has 1 aliphatic heterocycles. The van der Waals surface area contributed by atoms with E-state index in [0.717, 1.165) is 12.5 Å². The molecule has 1 N–H and O–H groups in total. The van der Waals surface area contributed by atoms with Gasteiger partial charge in [-0.3, -0.25) is 4.90 Å². The normalized spacial score (nSPS) is 30.2. The average Bonchev–Trinajstić information content (AvgIpc) is 3.26. The minimum absolute atomic E-state index is 0.348. The Kier molecular flexibility index (Phi) is 3.64. The van der Waals surface area contributed by atoms with Crippen molar-refractivity contribution in [1.82, 2.24) is 10.2 Å². The zero-order valence-electron chi connectivity index (χ0n) is 12.2. The summed E-state index contributed by atoms with van der Waals surface area (Å²) in [6.07, 6.45) is 4.03. The van der Waals surface area contributed by atoms with E-state index in [-0.39, 0.29) is 0 Å². The Bertz CT molecular complexity index is 413. The van der Waals surface area contributed by atoms with Crippen LogP contribution >= 0.6 is 0 Å². The summed E-state index contributed by atoms with van der Waals surface area (Å²) in [5.41, 5.74) is 1.82. The van der Waals surface area contributed by atoms with E-state index >= 15 is 0 Å². The van der Waals surface area contributed by atoms with Crippen LogP contribution in [0.5, 0.6) is 0 Å². The second kappa shape index (κ2) is 5.26. The van der Waals surface area contributed by atoms with Gasteiger partial charge in [0.2, 0.25) is 0 Å². The fraction of sp³-hybridized carbons (Fsp3) is 0.647. The number of nitrogens with one attached hydrogen (secondary N) is 1. The lowest BCUT2D eigenvalue weighted by Gasteiger charge is -2.45. The molecular formula is C17H26N2. The third-order valence-electron chi connectivity index (χ3n) is 4.95. The van der Waals surface area contributed by atoms with Gasteiger partial charge in [0.05, 0.1) is 0 Å². The maximum absolute atomic E-state index is 3.78. The van der Waals surface area contributed by atoms with E-state index < -0.39 is 0 Å². The molecule has 0 amide bonds. The molecule has 0 bridgehead atoms. The van der Waals surface area contributed by atoms with Crippen LogP contribution in [0, 0.1) is 5.92 Å². The van der Waals surface area contributed by atoms with Crippen molar-refractivity contribution >= 4 is 0 Å². The van der Waals surface area contributed by atoms with Crippen LogP contribution in [0.2, 0.25) is 0 Å². The van der Waals surface area contributed by atoms with E-state index in [1.807, 2.05) is 0 Å². The summed E-state index contributed by atoms with van der Waals surface area (Å²) < 4.78 is 0. The molecule has 1 aromatic carbocycles. The average molecular weight is 258 g/mol. The summed E-state index contributed by atoms with van der Waals surface area (Å²) in [6, 6.07) is 11.6. The topological polar surface area (TPSA) is 15.3 Å². The maximum atomic E-state index is 3.78. The predicted molar refractivity (Wildman–Crippen MR) is 80.2 cm³/mol. The van der Waals surface area contributed by atoms with Gasteiger partial charge in [0.15, 0.2) is 0 Å². The molecule has 2 fully saturated rings. The van der Waals surface area contributed by atoms with Gasteiger partial charge in [-0.05, 0) is 37.7 Å². The lowest BCUT2D eigenvalue weighted by molar-refractivity contribution is 0.0857. The van der Waals surface area contributed by atoms with Crippen LogP contribution < -0.4 is 5.32 Å². The van der Waals surface area contributed by atoms with E-state index in [4.69, 9.17) is 0 Å². The van der Waals surface area contributed by atoms with Crippen LogP contribution in [-0.4, -0.2) is 30.1 Å². The Labute approximate surface area is 117 Å². The van der Waals surface area contributed by atoms with Gasteiger partial charge >= 0.3 is 0 Å². The fourth-order valence-corrected chi connectivity index (χ4v) is 3.68. The monoisotopic (exact) mass is 258 g/mol. The molecule has 1 aromatic rings. The van der Waals surface area contributed by atoms with Gasteiger partial charge in [0.25, 0.3) is 0 Å².